The van der Waals surface area contributed by atoms with Crippen LogP contribution < -0.4 is 5.73 Å². The van der Waals surface area contributed by atoms with Crippen molar-refractivity contribution in [1.82, 2.24) is 9.97 Å². The summed E-state index contributed by atoms with van der Waals surface area (Å²) < 4.78 is 4.78. The molecule has 1 aromatic heterocycles. The standard InChI is InChI=1S/C22H27N3O3/c1-13-20(25-21(22(23)27)14(2)24-13)18-10-8-17(9-11-18)16-6-4-15(5-7-16)12-19(26)28-3/h8-11,15-16H,4-7,12H2,1-3H3,(H2,23,27)/t15-,16-. The van der Waals surface area contributed by atoms with Crippen molar-refractivity contribution in [3.63, 3.8) is 0 Å². The molecule has 0 radical (unpaired) electrons. The monoisotopic (exact) mass is 381 g/mol. The fraction of sp³-hybridized carbons (Fsp3) is 0.455. The minimum atomic E-state index is -0.563. The Morgan fingerprint density at radius 2 is 1.68 bits per heavy atom. The Bertz CT molecular complexity index is 869. The van der Waals surface area contributed by atoms with E-state index < -0.39 is 5.91 Å². The summed E-state index contributed by atoms with van der Waals surface area (Å²) in [6.45, 7) is 3.63. The van der Waals surface area contributed by atoms with E-state index in [9.17, 15) is 9.59 Å². The zero-order valence-electron chi connectivity index (χ0n) is 16.7. The Labute approximate surface area is 165 Å². The van der Waals surface area contributed by atoms with Crippen molar-refractivity contribution >= 4 is 11.9 Å². The first-order valence-corrected chi connectivity index (χ1v) is 9.71. The molecule has 0 unspecified atom stereocenters. The third kappa shape index (κ3) is 4.38. The first kappa shape index (κ1) is 20.0. The molecular formula is C22H27N3O3. The van der Waals surface area contributed by atoms with Crippen LogP contribution in [0.15, 0.2) is 24.3 Å². The lowest BCUT2D eigenvalue weighted by Crippen LogP contribution is -2.17. The molecule has 1 aliphatic carbocycles. The number of primary amides is 1. The Kier molecular flexibility index (Phi) is 6.07. The van der Waals surface area contributed by atoms with E-state index in [1.165, 1.54) is 12.7 Å². The van der Waals surface area contributed by atoms with Crippen LogP contribution in [0.2, 0.25) is 0 Å². The number of hydrogen-bond acceptors (Lipinski definition) is 5. The third-order valence-electron chi connectivity index (χ3n) is 5.66. The molecule has 6 nitrogen and oxygen atoms in total. The average Bonchev–Trinajstić information content (AvgIpc) is 2.68. The smallest absolute Gasteiger partial charge is 0.305 e. The van der Waals surface area contributed by atoms with Gasteiger partial charge in [0.25, 0.3) is 5.91 Å². The number of ether oxygens (including phenoxy) is 1. The molecular weight excluding hydrogens is 354 g/mol. The normalized spacial score (nSPS) is 19.2. The van der Waals surface area contributed by atoms with Crippen LogP contribution in [-0.2, 0) is 9.53 Å². The molecule has 3 rings (SSSR count). The number of carbonyl (C=O) groups is 2. The molecule has 0 saturated heterocycles. The van der Waals surface area contributed by atoms with E-state index in [4.69, 9.17) is 10.5 Å². The number of nitrogens with zero attached hydrogens (tertiary/aromatic N) is 2. The van der Waals surface area contributed by atoms with E-state index in [1.54, 1.807) is 6.92 Å². The number of hydrogen-bond donors (Lipinski definition) is 1. The van der Waals surface area contributed by atoms with Gasteiger partial charge in [0.05, 0.1) is 24.2 Å². The number of amides is 1. The van der Waals surface area contributed by atoms with Crippen molar-refractivity contribution in [3.8, 4) is 11.3 Å². The molecule has 148 valence electrons. The van der Waals surface area contributed by atoms with E-state index in [0.717, 1.165) is 36.9 Å². The van der Waals surface area contributed by atoms with Crippen LogP contribution in [0.1, 0.15) is 65.5 Å². The highest BCUT2D eigenvalue weighted by Gasteiger charge is 2.24. The van der Waals surface area contributed by atoms with Crippen molar-refractivity contribution in [2.75, 3.05) is 7.11 Å². The molecule has 0 spiro atoms. The van der Waals surface area contributed by atoms with E-state index in [0.29, 0.717) is 29.6 Å². The SMILES string of the molecule is COC(=O)C[C@H]1CC[C@H](c2ccc(-c3nc(C(N)=O)c(C)nc3C)cc2)CC1. The quantitative estimate of drug-likeness (QED) is 0.797. The largest absolute Gasteiger partial charge is 0.469 e. The minimum Gasteiger partial charge on any atom is -0.469 e. The van der Waals surface area contributed by atoms with Crippen LogP contribution in [0.25, 0.3) is 11.3 Å². The summed E-state index contributed by atoms with van der Waals surface area (Å²) in [4.78, 5) is 31.9. The third-order valence-corrected chi connectivity index (χ3v) is 5.66. The van der Waals surface area contributed by atoms with Gasteiger partial charge in [-0.3, -0.25) is 14.6 Å². The summed E-state index contributed by atoms with van der Waals surface area (Å²) in [6.07, 6.45) is 4.78. The van der Waals surface area contributed by atoms with Crippen molar-refractivity contribution < 1.29 is 14.3 Å². The van der Waals surface area contributed by atoms with Crippen LogP contribution in [0.3, 0.4) is 0 Å². The number of carbonyl (C=O) groups excluding carboxylic acids is 2. The molecule has 6 heteroatoms. The molecule has 1 heterocycles. The zero-order valence-corrected chi connectivity index (χ0v) is 16.7. The summed E-state index contributed by atoms with van der Waals surface area (Å²) in [5.41, 5.74) is 9.87. The molecule has 1 aromatic carbocycles. The molecule has 1 aliphatic rings. The maximum atomic E-state index is 11.6. The maximum absolute atomic E-state index is 11.6. The fourth-order valence-corrected chi connectivity index (χ4v) is 4.07. The predicted molar refractivity (Wildman–Crippen MR) is 107 cm³/mol. The van der Waals surface area contributed by atoms with Crippen LogP contribution in [0.5, 0.6) is 0 Å². The molecule has 1 fully saturated rings. The summed E-state index contributed by atoms with van der Waals surface area (Å²) in [6, 6.07) is 8.33. The van der Waals surface area contributed by atoms with Crippen LogP contribution in [-0.4, -0.2) is 29.0 Å². The van der Waals surface area contributed by atoms with Crippen molar-refractivity contribution in [3.05, 3.63) is 46.9 Å². The maximum Gasteiger partial charge on any atom is 0.305 e. The Morgan fingerprint density at radius 3 is 2.25 bits per heavy atom. The lowest BCUT2D eigenvalue weighted by Gasteiger charge is -2.28. The van der Waals surface area contributed by atoms with Gasteiger partial charge in [-0.1, -0.05) is 24.3 Å². The number of nitrogens with two attached hydrogens (primary N) is 1. The van der Waals surface area contributed by atoms with Crippen molar-refractivity contribution in [2.24, 2.45) is 11.7 Å². The second kappa shape index (κ2) is 8.50. The van der Waals surface area contributed by atoms with Gasteiger partial charge in [0.15, 0.2) is 0 Å². The highest BCUT2D eigenvalue weighted by atomic mass is 16.5. The van der Waals surface area contributed by atoms with E-state index >= 15 is 0 Å². The summed E-state index contributed by atoms with van der Waals surface area (Å²) in [5, 5.41) is 0. The van der Waals surface area contributed by atoms with Crippen molar-refractivity contribution in [2.45, 2.75) is 51.9 Å². The lowest BCUT2D eigenvalue weighted by atomic mass is 9.77. The highest BCUT2D eigenvalue weighted by Crippen LogP contribution is 2.37. The molecule has 28 heavy (non-hydrogen) atoms. The van der Waals surface area contributed by atoms with Gasteiger partial charge in [0.2, 0.25) is 0 Å². The molecule has 0 bridgehead atoms. The lowest BCUT2D eigenvalue weighted by molar-refractivity contribution is -0.142. The molecule has 2 aromatic rings. The number of aromatic nitrogens is 2. The van der Waals surface area contributed by atoms with Gasteiger partial charge in [-0.05, 0) is 56.9 Å². The number of aryl methyl sites for hydroxylation is 2. The number of esters is 1. The van der Waals surface area contributed by atoms with Gasteiger partial charge in [0, 0.05) is 12.0 Å². The van der Waals surface area contributed by atoms with E-state index in [2.05, 4.69) is 22.1 Å². The average molecular weight is 381 g/mol. The van der Waals surface area contributed by atoms with Gasteiger partial charge < -0.3 is 10.5 Å². The number of benzene rings is 1. The molecule has 1 saturated carbocycles. The Morgan fingerprint density at radius 1 is 1.04 bits per heavy atom. The van der Waals surface area contributed by atoms with E-state index in [-0.39, 0.29) is 11.7 Å². The Balaban J connectivity index is 1.72. The fourth-order valence-electron chi connectivity index (χ4n) is 4.07. The summed E-state index contributed by atoms with van der Waals surface area (Å²) in [5.74, 6) is 0.263. The van der Waals surface area contributed by atoms with Gasteiger partial charge in [-0.25, -0.2) is 4.98 Å². The van der Waals surface area contributed by atoms with Crippen LogP contribution in [0.4, 0.5) is 0 Å². The van der Waals surface area contributed by atoms with E-state index in [1.807, 2.05) is 19.1 Å². The van der Waals surface area contributed by atoms with Crippen molar-refractivity contribution in [1.29, 1.82) is 0 Å². The van der Waals surface area contributed by atoms with Gasteiger partial charge >= 0.3 is 5.97 Å². The summed E-state index contributed by atoms with van der Waals surface area (Å²) >= 11 is 0. The minimum absolute atomic E-state index is 0.113. The van der Waals surface area contributed by atoms with Gasteiger partial charge in [-0.2, -0.15) is 0 Å². The number of methoxy groups -OCH3 is 1. The topological polar surface area (TPSA) is 95.2 Å². The molecule has 2 N–H and O–H groups in total. The molecule has 0 aliphatic heterocycles. The van der Waals surface area contributed by atoms with Crippen LogP contribution >= 0.6 is 0 Å². The number of rotatable bonds is 5. The predicted octanol–water partition coefficient (Wildman–Crippen LogP) is 3.70. The van der Waals surface area contributed by atoms with Gasteiger partial charge in [0.1, 0.15) is 5.69 Å². The molecule has 0 atom stereocenters. The summed E-state index contributed by atoms with van der Waals surface area (Å²) in [7, 11) is 1.45. The highest BCUT2D eigenvalue weighted by molar-refractivity contribution is 5.92. The first-order valence-electron chi connectivity index (χ1n) is 9.71. The zero-order chi connectivity index (χ0) is 20.3. The first-order chi connectivity index (χ1) is 13.4. The second-order valence-corrected chi connectivity index (χ2v) is 7.58. The second-order valence-electron chi connectivity index (χ2n) is 7.58. The van der Waals surface area contributed by atoms with Gasteiger partial charge in [-0.15, -0.1) is 0 Å². The van der Waals surface area contributed by atoms with Crippen LogP contribution in [0, 0.1) is 19.8 Å². The Hall–Kier alpha value is -2.76. The molecule has 1 amide bonds.